The van der Waals surface area contributed by atoms with Gasteiger partial charge in [0.15, 0.2) is 5.75 Å². The number of amides is 3. The first-order chi connectivity index (χ1) is 27.7. The number of nitrogens with zero attached hydrogens (tertiary/aromatic N) is 3. The molecule has 5 heterocycles. The second-order valence-electron chi connectivity index (χ2n) is 12.6. The molecule has 1 saturated heterocycles. The van der Waals surface area contributed by atoms with E-state index < -0.39 is 0 Å². The molecule has 3 aromatic carbocycles. The third kappa shape index (κ3) is 10.4. The van der Waals surface area contributed by atoms with Crippen LogP contribution in [0.2, 0.25) is 0 Å². The lowest BCUT2D eigenvalue weighted by atomic mass is 10.0. The van der Waals surface area contributed by atoms with Crippen molar-refractivity contribution < 1.29 is 19.1 Å². The van der Waals surface area contributed by atoms with Crippen molar-refractivity contribution in [2.24, 2.45) is 5.73 Å². The van der Waals surface area contributed by atoms with Crippen LogP contribution in [0.15, 0.2) is 60.0 Å². The Morgan fingerprint density at radius 2 is 1.39 bits per heavy atom. The van der Waals surface area contributed by atoms with Gasteiger partial charge in [0.1, 0.15) is 11.4 Å². The molecule has 6 aromatic rings. The lowest BCUT2D eigenvalue weighted by Crippen LogP contribution is -2.48. The molecule has 0 bridgehead atoms. The Kier molecular flexibility index (Phi) is 18.1. The van der Waals surface area contributed by atoms with Crippen molar-refractivity contribution in [1.29, 1.82) is 0 Å². The van der Waals surface area contributed by atoms with Gasteiger partial charge in [-0.1, -0.05) is 53.2 Å². The topological polar surface area (TPSA) is 140 Å². The Hall–Kier alpha value is -4.88. The Bertz CT molecular complexity index is 2250. The molecule has 2 aliphatic heterocycles. The van der Waals surface area contributed by atoms with Crippen LogP contribution in [0.3, 0.4) is 0 Å². The predicted octanol–water partition coefficient (Wildman–Crippen LogP) is 10.2. The number of anilines is 2. The summed E-state index contributed by atoms with van der Waals surface area (Å²) in [5, 5.41) is 7.91. The second kappa shape index (κ2) is 22.2. The standard InChI is InChI=1S/C36H34N6O4S.3C2H6.CH3Cl.CH5N/c1-20-4-6-26-22(14-20)16-28(38-26)34(43)37-24-5-7-27-23(15-24)17-29(39-27)35(44)42-9-8-25-30(42)18-31(33-32(25)21(2)19-47-33)46-36(45)41-12-10-40(3)11-13-41;5*1-2/h4-7,14-19,38-39H,8-13H2,1-3H3,(H,37,43);3*1-2H3;1H3;2H2,1H3. The van der Waals surface area contributed by atoms with Crippen molar-refractivity contribution in [3.05, 3.63) is 88.1 Å². The van der Waals surface area contributed by atoms with Gasteiger partial charge in [0.2, 0.25) is 0 Å². The highest BCUT2D eigenvalue weighted by atomic mass is 35.5. The highest BCUT2D eigenvalue weighted by molar-refractivity contribution is 7.17. The van der Waals surface area contributed by atoms with Gasteiger partial charge >= 0.3 is 6.09 Å². The van der Waals surface area contributed by atoms with E-state index in [-0.39, 0.29) is 17.9 Å². The van der Waals surface area contributed by atoms with E-state index in [0.29, 0.717) is 48.9 Å². The van der Waals surface area contributed by atoms with E-state index in [9.17, 15) is 14.4 Å². The second-order valence-corrected chi connectivity index (χ2v) is 13.5. The average Bonchev–Trinajstić information content (AvgIpc) is 4.06. The molecule has 0 unspecified atom stereocenters. The number of fused-ring (bicyclic) bond motifs is 5. The molecule has 1 fully saturated rings. The van der Waals surface area contributed by atoms with Crippen LogP contribution >= 0.6 is 22.9 Å². The van der Waals surface area contributed by atoms with Crippen molar-refractivity contribution in [1.82, 2.24) is 19.8 Å². The van der Waals surface area contributed by atoms with Crippen LogP contribution in [0.1, 0.15) is 79.2 Å². The van der Waals surface area contributed by atoms with Crippen LogP contribution in [0.25, 0.3) is 31.9 Å². The van der Waals surface area contributed by atoms with Crippen LogP contribution in [-0.4, -0.2) is 90.9 Å². The third-order valence-corrected chi connectivity index (χ3v) is 10.4. The molecule has 3 aromatic heterocycles. The average molecular weight is 819 g/mol. The smallest absolute Gasteiger partial charge is 0.409 e. The molecule has 0 radical (unpaired) electrons. The maximum atomic E-state index is 14.0. The number of piperazine rings is 1. The van der Waals surface area contributed by atoms with E-state index in [4.69, 9.17) is 4.74 Å². The molecule has 0 saturated carbocycles. The minimum absolute atomic E-state index is 0.164. The molecular weight excluding hydrogens is 758 g/mol. The maximum absolute atomic E-state index is 14.0. The molecule has 8 rings (SSSR count). The van der Waals surface area contributed by atoms with Crippen LogP contribution in [0.5, 0.6) is 5.75 Å². The Balaban J connectivity index is 0.000000810. The number of carbonyl (C=O) groups excluding carboxylic acids is 3. The molecule has 0 atom stereocenters. The number of alkyl halides is 1. The summed E-state index contributed by atoms with van der Waals surface area (Å²) in [7, 11) is 3.55. The van der Waals surface area contributed by atoms with Gasteiger partial charge in [-0.25, -0.2) is 4.79 Å². The van der Waals surface area contributed by atoms with E-state index in [1.165, 1.54) is 13.4 Å². The van der Waals surface area contributed by atoms with Gasteiger partial charge in [0, 0.05) is 78.1 Å². The normalized spacial score (nSPS) is 13.0. The quantitative estimate of drug-likeness (QED) is 0.131. The first-order valence-electron chi connectivity index (χ1n) is 19.7. The molecule has 0 spiro atoms. The van der Waals surface area contributed by atoms with E-state index in [1.807, 2.05) is 110 Å². The molecule has 308 valence electrons. The van der Waals surface area contributed by atoms with Gasteiger partial charge in [0.25, 0.3) is 11.8 Å². The Labute approximate surface area is 346 Å². The van der Waals surface area contributed by atoms with Gasteiger partial charge in [-0.05, 0) is 93.3 Å². The fraction of sp³-hybridized carbons (Fsp3) is 0.386. The minimum Gasteiger partial charge on any atom is -0.409 e. The van der Waals surface area contributed by atoms with Crippen LogP contribution < -0.4 is 20.7 Å². The molecule has 13 heteroatoms. The number of hydrogen-bond acceptors (Lipinski definition) is 7. The first-order valence-corrected chi connectivity index (χ1v) is 21.4. The first kappa shape index (κ1) is 46.5. The number of carbonyl (C=O) groups is 3. The summed E-state index contributed by atoms with van der Waals surface area (Å²) in [5.74, 6) is 0.0861. The van der Waals surface area contributed by atoms with Gasteiger partial charge in [0.05, 0.1) is 10.4 Å². The molecule has 11 nitrogen and oxygen atoms in total. The largest absolute Gasteiger partial charge is 0.415 e. The van der Waals surface area contributed by atoms with Crippen LogP contribution in [0, 0.1) is 13.8 Å². The molecular formula is C44H60ClN7O4S. The highest BCUT2D eigenvalue weighted by Crippen LogP contribution is 2.45. The highest BCUT2D eigenvalue weighted by Gasteiger charge is 2.32. The zero-order valence-corrected chi connectivity index (χ0v) is 36.9. The number of ether oxygens (including phenoxy) is 1. The zero-order valence-electron chi connectivity index (χ0n) is 35.4. The predicted molar refractivity (Wildman–Crippen MR) is 242 cm³/mol. The van der Waals surface area contributed by atoms with E-state index in [0.717, 1.165) is 67.4 Å². The van der Waals surface area contributed by atoms with Crippen molar-refractivity contribution in [2.45, 2.75) is 61.8 Å². The molecule has 5 N–H and O–H groups in total. The number of aromatic amines is 2. The van der Waals surface area contributed by atoms with Crippen molar-refractivity contribution in [3.63, 3.8) is 0 Å². The number of halogens is 1. The number of aromatic nitrogens is 2. The monoisotopic (exact) mass is 817 g/mol. The summed E-state index contributed by atoms with van der Waals surface area (Å²) in [6.45, 7) is 19.4. The lowest BCUT2D eigenvalue weighted by molar-refractivity contribution is 0.0983. The number of nitrogens with two attached hydrogens (primary N) is 1. The third-order valence-electron chi connectivity index (χ3n) is 9.29. The number of thiophene rings is 1. The van der Waals surface area contributed by atoms with Gasteiger partial charge in [-0.3, -0.25) is 9.59 Å². The van der Waals surface area contributed by atoms with Crippen molar-refractivity contribution in [3.8, 4) is 5.75 Å². The summed E-state index contributed by atoms with van der Waals surface area (Å²) in [4.78, 5) is 52.4. The lowest BCUT2D eigenvalue weighted by Gasteiger charge is -2.31. The van der Waals surface area contributed by atoms with E-state index in [2.05, 4.69) is 49.8 Å². The number of nitrogens with one attached hydrogen (secondary N) is 3. The zero-order chi connectivity index (χ0) is 42.4. The molecule has 0 aliphatic carbocycles. The number of rotatable bonds is 4. The summed E-state index contributed by atoms with van der Waals surface area (Å²) in [6.07, 6.45) is 1.82. The summed E-state index contributed by atoms with van der Waals surface area (Å²) in [6, 6.07) is 17.1. The van der Waals surface area contributed by atoms with Crippen LogP contribution in [0.4, 0.5) is 16.2 Å². The minimum atomic E-state index is -0.362. The Morgan fingerprint density at radius 3 is 2.05 bits per heavy atom. The fourth-order valence-electron chi connectivity index (χ4n) is 6.72. The van der Waals surface area contributed by atoms with E-state index >= 15 is 0 Å². The number of likely N-dealkylation sites (N-methyl/N-ethyl adjacent to an activating group) is 1. The molecule has 2 aliphatic rings. The van der Waals surface area contributed by atoms with E-state index in [1.54, 1.807) is 21.1 Å². The van der Waals surface area contributed by atoms with Crippen molar-refractivity contribution in [2.75, 3.05) is 63.4 Å². The maximum Gasteiger partial charge on any atom is 0.415 e. The summed E-state index contributed by atoms with van der Waals surface area (Å²) < 4.78 is 6.95. The van der Waals surface area contributed by atoms with Gasteiger partial charge in [-0.15, -0.1) is 22.9 Å². The number of hydrogen-bond donors (Lipinski definition) is 4. The Morgan fingerprint density at radius 1 is 0.789 bits per heavy atom. The SMILES string of the molecule is CC.CC.CC.CCl.CN.Cc1ccc2[nH]c(C(=O)Nc3ccc4[nH]c(C(=O)N5CCc6c5cc(OC(=O)N5CCN(C)CC5)c5scc(C)c65)cc4c3)cc2c1. The van der Waals surface area contributed by atoms with Gasteiger partial charge in [-0.2, -0.15) is 0 Å². The summed E-state index contributed by atoms with van der Waals surface area (Å²) >= 11 is 6.20. The van der Waals surface area contributed by atoms with Crippen LogP contribution in [-0.2, 0) is 6.42 Å². The number of H-pyrrole nitrogens is 2. The number of aryl methyl sites for hydroxylation is 2. The summed E-state index contributed by atoms with van der Waals surface area (Å²) in [5.41, 5.74) is 11.8. The molecule has 3 amide bonds. The molecule has 57 heavy (non-hydrogen) atoms. The van der Waals surface area contributed by atoms with Gasteiger partial charge < -0.3 is 40.5 Å². The number of benzene rings is 3. The fourth-order valence-corrected chi connectivity index (χ4v) is 7.75. The van der Waals surface area contributed by atoms with Crippen molar-refractivity contribution >= 4 is 84.1 Å².